The summed E-state index contributed by atoms with van der Waals surface area (Å²) in [7, 11) is -0.441. The van der Waals surface area contributed by atoms with E-state index in [-0.39, 0.29) is 0 Å². The van der Waals surface area contributed by atoms with E-state index in [1.165, 1.54) is 0 Å². The lowest BCUT2D eigenvalue weighted by Crippen LogP contribution is -2.51. The van der Waals surface area contributed by atoms with Crippen LogP contribution in [-0.2, 0) is 14.8 Å². The first kappa shape index (κ1) is 19.2. The lowest BCUT2D eigenvalue weighted by atomic mass is 9.77. The number of hydrogen-bond donors (Lipinski definition) is 1. The van der Waals surface area contributed by atoms with Gasteiger partial charge in [-0.15, -0.1) is 0 Å². The molecule has 1 saturated carbocycles. The van der Waals surface area contributed by atoms with Crippen LogP contribution in [0.15, 0.2) is 24.3 Å². The highest BCUT2D eigenvalue weighted by Gasteiger charge is 2.56. The molecule has 1 aliphatic carbocycles. The predicted molar refractivity (Wildman–Crippen MR) is 103 cm³/mol. The van der Waals surface area contributed by atoms with Crippen LogP contribution in [0.1, 0.15) is 66.9 Å². The molecule has 1 aliphatic heterocycles. The van der Waals surface area contributed by atoms with Crippen LogP contribution in [0.5, 0.6) is 0 Å². The van der Waals surface area contributed by atoms with E-state index in [2.05, 4.69) is 6.07 Å². The number of benzene rings is 1. The molecule has 2 aliphatic rings. The molecule has 1 aromatic carbocycles. The van der Waals surface area contributed by atoms with Crippen LogP contribution in [0, 0.1) is 0 Å². The van der Waals surface area contributed by atoms with Crippen LogP contribution in [0.2, 0.25) is 0 Å². The number of carboxylic acid groups (broad SMARTS) is 1. The molecule has 0 radical (unpaired) electrons. The molecule has 1 heterocycles. The van der Waals surface area contributed by atoms with Crippen molar-refractivity contribution in [3.8, 4) is 0 Å². The van der Waals surface area contributed by atoms with Gasteiger partial charge in [-0.05, 0) is 72.3 Å². The molecule has 1 amide bonds. The summed E-state index contributed by atoms with van der Waals surface area (Å²) in [6.07, 6.45) is 0.795. The highest BCUT2D eigenvalue weighted by molar-refractivity contribution is 6.62. The predicted octanol–water partition coefficient (Wildman–Crippen LogP) is 3.75. The second-order valence-electron chi connectivity index (χ2n) is 9.53. The van der Waals surface area contributed by atoms with E-state index in [9.17, 15) is 9.90 Å². The number of carbonyl (C=O) groups is 1. The Morgan fingerprint density at radius 1 is 1.12 bits per heavy atom. The Kier molecular flexibility index (Phi) is 4.24. The first-order valence-corrected chi connectivity index (χ1v) is 9.30. The van der Waals surface area contributed by atoms with Crippen molar-refractivity contribution in [2.24, 2.45) is 0 Å². The molecule has 0 bridgehead atoms. The number of rotatable bonds is 3. The maximum absolute atomic E-state index is 12.0. The Hall–Kier alpha value is -1.53. The van der Waals surface area contributed by atoms with E-state index in [0.29, 0.717) is 0 Å². The SMILES string of the molecule is CC(C)(C)N(C(=O)O)C1(c2cccc(B3OC(C)(C)C(C)(C)O3)c2)CC1. The van der Waals surface area contributed by atoms with Gasteiger partial charge < -0.3 is 14.4 Å². The molecule has 3 rings (SSSR count). The van der Waals surface area contributed by atoms with Gasteiger partial charge in [-0.1, -0.05) is 24.3 Å². The smallest absolute Gasteiger partial charge is 0.465 e. The van der Waals surface area contributed by atoms with Gasteiger partial charge >= 0.3 is 13.2 Å². The van der Waals surface area contributed by atoms with Gasteiger partial charge in [0.05, 0.1) is 16.7 Å². The molecule has 5 nitrogen and oxygen atoms in total. The zero-order valence-electron chi connectivity index (χ0n) is 16.9. The Bertz CT molecular complexity index is 703. The quantitative estimate of drug-likeness (QED) is 0.835. The summed E-state index contributed by atoms with van der Waals surface area (Å²) in [6, 6.07) is 8.03. The summed E-state index contributed by atoms with van der Waals surface area (Å²) in [6.45, 7) is 14.0. The molecule has 1 N–H and O–H groups in total. The van der Waals surface area contributed by atoms with Crippen molar-refractivity contribution in [1.29, 1.82) is 0 Å². The molecule has 0 unspecified atom stereocenters. The van der Waals surface area contributed by atoms with Gasteiger partial charge in [0.2, 0.25) is 0 Å². The molecule has 1 saturated heterocycles. The van der Waals surface area contributed by atoms with Gasteiger partial charge in [-0.2, -0.15) is 0 Å². The van der Waals surface area contributed by atoms with Crippen molar-refractivity contribution in [3.05, 3.63) is 29.8 Å². The van der Waals surface area contributed by atoms with E-state index < -0.39 is 35.5 Å². The average molecular weight is 359 g/mol. The lowest BCUT2D eigenvalue weighted by Gasteiger charge is -2.40. The molecule has 6 heteroatoms. The fraction of sp³-hybridized carbons (Fsp3) is 0.650. The molecule has 0 spiro atoms. The molecular weight excluding hydrogens is 329 g/mol. The van der Waals surface area contributed by atoms with Crippen LogP contribution >= 0.6 is 0 Å². The van der Waals surface area contributed by atoms with Crippen molar-refractivity contribution in [3.63, 3.8) is 0 Å². The van der Waals surface area contributed by atoms with E-state index in [1.807, 2.05) is 66.7 Å². The number of hydrogen-bond acceptors (Lipinski definition) is 3. The summed E-state index contributed by atoms with van der Waals surface area (Å²) in [4.78, 5) is 13.6. The average Bonchev–Trinajstić information content (AvgIpc) is 3.21. The largest absolute Gasteiger partial charge is 0.494 e. The van der Waals surface area contributed by atoms with Crippen molar-refractivity contribution in [2.45, 2.75) is 83.6 Å². The molecular formula is C20H30BNO4. The summed E-state index contributed by atoms with van der Waals surface area (Å²) >= 11 is 0. The second kappa shape index (κ2) is 5.73. The van der Waals surface area contributed by atoms with Crippen molar-refractivity contribution < 1.29 is 19.2 Å². The van der Waals surface area contributed by atoms with Gasteiger partial charge in [0.1, 0.15) is 0 Å². The van der Waals surface area contributed by atoms with Gasteiger partial charge in [-0.3, -0.25) is 4.90 Å². The summed E-state index contributed by atoms with van der Waals surface area (Å²) in [5.74, 6) is 0. The fourth-order valence-corrected chi connectivity index (χ4v) is 3.83. The van der Waals surface area contributed by atoms with Crippen molar-refractivity contribution in [2.75, 3.05) is 0 Å². The summed E-state index contributed by atoms with van der Waals surface area (Å²) in [5, 5.41) is 9.84. The topological polar surface area (TPSA) is 59.0 Å². The third-order valence-corrected chi connectivity index (χ3v) is 5.96. The first-order chi connectivity index (χ1) is 11.8. The van der Waals surface area contributed by atoms with E-state index >= 15 is 0 Å². The molecule has 26 heavy (non-hydrogen) atoms. The standard InChI is InChI=1S/C20H30BNO4/c1-17(2,3)22(16(23)24)20(11-12-20)14-9-8-10-15(13-14)21-25-18(4,5)19(6,7)26-21/h8-10,13H,11-12H2,1-7H3,(H,23,24). The highest BCUT2D eigenvalue weighted by atomic mass is 16.7. The van der Waals surface area contributed by atoms with Gasteiger partial charge in [0.25, 0.3) is 0 Å². The summed E-state index contributed by atoms with van der Waals surface area (Å²) < 4.78 is 12.3. The third kappa shape index (κ3) is 3.03. The van der Waals surface area contributed by atoms with Crippen LogP contribution < -0.4 is 5.46 Å². The zero-order chi connectivity index (χ0) is 19.5. The summed E-state index contributed by atoms with van der Waals surface area (Å²) in [5.41, 5.74) is 0.230. The fourth-order valence-electron chi connectivity index (χ4n) is 3.83. The number of nitrogens with zero attached hydrogens (tertiary/aromatic N) is 1. The Morgan fingerprint density at radius 3 is 2.08 bits per heavy atom. The molecule has 142 valence electrons. The minimum absolute atomic E-state index is 0.399. The Labute approximate surface area is 156 Å². The van der Waals surface area contributed by atoms with Gasteiger partial charge in [0.15, 0.2) is 0 Å². The third-order valence-electron chi connectivity index (χ3n) is 5.96. The van der Waals surface area contributed by atoms with E-state index in [4.69, 9.17) is 9.31 Å². The minimum atomic E-state index is -0.879. The number of amides is 1. The molecule has 1 aromatic rings. The lowest BCUT2D eigenvalue weighted by molar-refractivity contribution is 0.00578. The van der Waals surface area contributed by atoms with Crippen LogP contribution in [0.3, 0.4) is 0 Å². The van der Waals surface area contributed by atoms with Crippen LogP contribution in [-0.4, -0.2) is 40.0 Å². The van der Waals surface area contributed by atoms with Gasteiger partial charge in [-0.25, -0.2) is 4.79 Å². The van der Waals surface area contributed by atoms with Crippen LogP contribution in [0.25, 0.3) is 0 Å². The normalized spacial score (nSPS) is 23.0. The second-order valence-corrected chi connectivity index (χ2v) is 9.53. The maximum atomic E-state index is 12.0. The Morgan fingerprint density at radius 2 is 1.65 bits per heavy atom. The molecule has 0 atom stereocenters. The van der Waals surface area contributed by atoms with Crippen molar-refractivity contribution in [1.82, 2.24) is 4.90 Å². The van der Waals surface area contributed by atoms with Crippen LogP contribution in [0.4, 0.5) is 4.79 Å². The maximum Gasteiger partial charge on any atom is 0.494 e. The zero-order valence-corrected chi connectivity index (χ0v) is 16.9. The minimum Gasteiger partial charge on any atom is -0.465 e. The Balaban J connectivity index is 1.95. The monoisotopic (exact) mass is 359 g/mol. The molecule has 0 aromatic heterocycles. The van der Waals surface area contributed by atoms with Crippen molar-refractivity contribution >= 4 is 18.7 Å². The first-order valence-electron chi connectivity index (χ1n) is 9.30. The van der Waals surface area contributed by atoms with Gasteiger partial charge in [0, 0.05) is 5.54 Å². The van der Waals surface area contributed by atoms with E-state index in [1.54, 1.807) is 4.90 Å². The molecule has 2 fully saturated rings. The highest BCUT2D eigenvalue weighted by Crippen LogP contribution is 2.53. The van der Waals surface area contributed by atoms with E-state index in [0.717, 1.165) is 23.9 Å².